The van der Waals surface area contributed by atoms with Crippen LogP contribution in [0.5, 0.6) is 0 Å². The van der Waals surface area contributed by atoms with E-state index in [9.17, 15) is 13.6 Å². The molecule has 11 heavy (non-hydrogen) atoms. The maximum absolute atomic E-state index is 11.9. The molecule has 0 saturated heterocycles. The summed E-state index contributed by atoms with van der Waals surface area (Å²) in [5, 5.41) is 0. The van der Waals surface area contributed by atoms with Crippen LogP contribution in [0.1, 0.15) is 6.55 Å². The van der Waals surface area contributed by atoms with Gasteiger partial charge >= 0.3 is 6.55 Å². The summed E-state index contributed by atoms with van der Waals surface area (Å²) in [6.07, 6.45) is 2.05. The van der Waals surface area contributed by atoms with E-state index in [0.29, 0.717) is 0 Å². The van der Waals surface area contributed by atoms with Crippen molar-refractivity contribution in [2.75, 3.05) is 0 Å². The average Bonchev–Trinajstić information content (AvgIpc) is 1.94. The Balaban J connectivity index is 3.28. The Morgan fingerprint density at radius 1 is 1.64 bits per heavy atom. The summed E-state index contributed by atoms with van der Waals surface area (Å²) in [5.74, 6) is 0. The molecule has 0 aromatic carbocycles. The smallest absolute Gasteiger partial charge is 0.268 e. The molecule has 1 heterocycles. The molecule has 60 valence electrons. The minimum absolute atomic E-state index is 0.186. The van der Waals surface area contributed by atoms with Gasteiger partial charge in [0.25, 0.3) is 5.56 Å². The highest BCUT2D eigenvalue weighted by Gasteiger charge is 2.08. The summed E-state index contributed by atoms with van der Waals surface area (Å²) in [5.41, 5.74) is -0.712. The number of rotatable bonds is 1. The number of hydrogen-bond acceptors (Lipinski definition) is 2. The molecule has 1 aromatic heterocycles. The number of alkyl halides is 2. The summed E-state index contributed by atoms with van der Waals surface area (Å²) in [6.45, 7) is -2.82. The summed E-state index contributed by atoms with van der Waals surface area (Å²) in [6, 6.07) is 0. The fourth-order valence-electron chi connectivity index (χ4n) is 0.541. The van der Waals surface area contributed by atoms with Crippen LogP contribution < -0.4 is 5.56 Å². The zero-order valence-electron chi connectivity index (χ0n) is 5.17. The van der Waals surface area contributed by atoms with Gasteiger partial charge in [0.2, 0.25) is 0 Å². The Bertz CT molecular complexity index is 312. The Morgan fingerprint density at radius 2 is 2.27 bits per heavy atom. The predicted molar refractivity (Wildman–Crippen MR) is 42.5 cm³/mol. The highest BCUT2D eigenvalue weighted by molar-refractivity contribution is 14.1. The van der Waals surface area contributed by atoms with Gasteiger partial charge in [-0.15, -0.1) is 0 Å². The van der Waals surface area contributed by atoms with Crippen LogP contribution in [0, 0.1) is 3.57 Å². The lowest BCUT2D eigenvalue weighted by molar-refractivity contribution is 0.0648. The van der Waals surface area contributed by atoms with E-state index in [1.54, 1.807) is 22.6 Å². The van der Waals surface area contributed by atoms with Gasteiger partial charge in [0.05, 0.1) is 3.57 Å². The number of hydrogen-bond donors (Lipinski definition) is 0. The third-order valence-corrected chi connectivity index (χ3v) is 1.77. The Labute approximate surface area is 74.2 Å². The molecule has 6 heteroatoms. The largest absolute Gasteiger partial charge is 0.322 e. The normalized spacial score (nSPS) is 10.5. The molecule has 0 saturated carbocycles. The zero-order valence-corrected chi connectivity index (χ0v) is 7.33. The van der Waals surface area contributed by atoms with Crippen LogP contribution in [0.4, 0.5) is 8.78 Å². The fraction of sp³-hybridized carbons (Fsp3) is 0.200. The van der Waals surface area contributed by atoms with E-state index < -0.39 is 12.1 Å². The summed E-state index contributed by atoms with van der Waals surface area (Å²) in [4.78, 5) is 14.3. The number of halogens is 3. The van der Waals surface area contributed by atoms with E-state index >= 15 is 0 Å². The van der Waals surface area contributed by atoms with Crippen LogP contribution in [-0.2, 0) is 0 Å². The van der Waals surface area contributed by atoms with Crippen molar-refractivity contribution in [2.45, 2.75) is 6.55 Å². The van der Waals surface area contributed by atoms with E-state index in [1.807, 2.05) is 0 Å². The van der Waals surface area contributed by atoms with Crippen LogP contribution in [0.15, 0.2) is 17.3 Å². The second kappa shape index (κ2) is 3.24. The van der Waals surface area contributed by atoms with Gasteiger partial charge in [-0.25, -0.2) is 9.55 Å². The lowest BCUT2D eigenvalue weighted by Crippen LogP contribution is -2.22. The molecule has 1 aromatic rings. The first kappa shape index (κ1) is 8.57. The highest BCUT2D eigenvalue weighted by Crippen LogP contribution is 2.05. The van der Waals surface area contributed by atoms with Gasteiger partial charge in [0.1, 0.15) is 6.33 Å². The second-order valence-corrected chi connectivity index (χ2v) is 2.89. The molecule has 1 rings (SSSR count). The predicted octanol–water partition coefficient (Wildman–Crippen LogP) is 1.24. The molecule has 3 nitrogen and oxygen atoms in total. The molecule has 0 fully saturated rings. The SMILES string of the molecule is O=c1c(I)cncn1C(F)F. The van der Waals surface area contributed by atoms with Crippen molar-refractivity contribution in [3.8, 4) is 0 Å². The van der Waals surface area contributed by atoms with Gasteiger partial charge in [-0.3, -0.25) is 4.79 Å². The first-order valence-electron chi connectivity index (χ1n) is 2.62. The topological polar surface area (TPSA) is 34.9 Å². The van der Waals surface area contributed by atoms with Crippen molar-refractivity contribution >= 4 is 22.6 Å². The van der Waals surface area contributed by atoms with E-state index in [2.05, 4.69) is 4.98 Å². The number of nitrogens with zero attached hydrogens (tertiary/aromatic N) is 2. The molecule has 0 amide bonds. The second-order valence-electron chi connectivity index (χ2n) is 1.73. The van der Waals surface area contributed by atoms with E-state index in [1.165, 1.54) is 6.20 Å². The van der Waals surface area contributed by atoms with Crippen molar-refractivity contribution in [1.82, 2.24) is 9.55 Å². The Hall–Kier alpha value is -0.530. The quantitative estimate of drug-likeness (QED) is 0.721. The highest BCUT2D eigenvalue weighted by atomic mass is 127. The van der Waals surface area contributed by atoms with Gasteiger partial charge in [-0.1, -0.05) is 0 Å². The molecular formula is C5H3F2IN2O. The lowest BCUT2D eigenvalue weighted by atomic mass is 10.6. The standard InChI is InChI=1S/C5H3F2IN2O/c6-5(7)10-2-9-1-3(8)4(10)11/h1-2,5H. The lowest BCUT2D eigenvalue weighted by Gasteiger charge is -2.01. The third-order valence-electron chi connectivity index (χ3n) is 1.03. The average molecular weight is 272 g/mol. The van der Waals surface area contributed by atoms with Crippen molar-refractivity contribution < 1.29 is 8.78 Å². The zero-order chi connectivity index (χ0) is 8.43. The van der Waals surface area contributed by atoms with Crippen molar-refractivity contribution in [3.63, 3.8) is 0 Å². The summed E-state index contributed by atoms with van der Waals surface area (Å²) in [7, 11) is 0. The molecular weight excluding hydrogens is 269 g/mol. The van der Waals surface area contributed by atoms with E-state index in [0.717, 1.165) is 6.33 Å². The van der Waals surface area contributed by atoms with Crippen LogP contribution in [0.2, 0.25) is 0 Å². The molecule has 0 radical (unpaired) electrons. The minimum Gasteiger partial charge on any atom is -0.268 e. The first-order chi connectivity index (χ1) is 5.13. The maximum Gasteiger partial charge on any atom is 0.322 e. The Morgan fingerprint density at radius 3 is 2.73 bits per heavy atom. The minimum atomic E-state index is -2.82. The van der Waals surface area contributed by atoms with Gasteiger partial charge in [0.15, 0.2) is 0 Å². The van der Waals surface area contributed by atoms with E-state index in [-0.39, 0.29) is 8.14 Å². The third kappa shape index (κ3) is 1.73. The van der Waals surface area contributed by atoms with E-state index in [4.69, 9.17) is 0 Å². The van der Waals surface area contributed by atoms with Gasteiger partial charge in [0, 0.05) is 6.20 Å². The van der Waals surface area contributed by atoms with Crippen LogP contribution >= 0.6 is 22.6 Å². The Kier molecular flexibility index (Phi) is 2.53. The molecule has 0 spiro atoms. The number of aromatic nitrogens is 2. The van der Waals surface area contributed by atoms with Crippen molar-refractivity contribution in [3.05, 3.63) is 26.4 Å². The van der Waals surface area contributed by atoms with Crippen LogP contribution in [0.3, 0.4) is 0 Å². The van der Waals surface area contributed by atoms with Gasteiger partial charge in [-0.05, 0) is 22.6 Å². The van der Waals surface area contributed by atoms with Gasteiger partial charge in [-0.2, -0.15) is 8.78 Å². The van der Waals surface area contributed by atoms with Crippen LogP contribution in [0.25, 0.3) is 0 Å². The first-order valence-corrected chi connectivity index (χ1v) is 3.70. The van der Waals surface area contributed by atoms with Crippen molar-refractivity contribution in [1.29, 1.82) is 0 Å². The molecule has 0 unspecified atom stereocenters. The molecule has 0 aliphatic rings. The molecule has 0 aliphatic carbocycles. The fourth-order valence-corrected chi connectivity index (χ4v) is 0.980. The molecule has 0 atom stereocenters. The van der Waals surface area contributed by atoms with Crippen molar-refractivity contribution in [2.24, 2.45) is 0 Å². The molecule has 0 N–H and O–H groups in total. The monoisotopic (exact) mass is 272 g/mol. The maximum atomic E-state index is 11.9. The molecule has 0 aliphatic heterocycles. The van der Waals surface area contributed by atoms with Crippen LogP contribution in [-0.4, -0.2) is 9.55 Å². The molecule has 0 bridgehead atoms. The summed E-state index contributed by atoms with van der Waals surface area (Å²) >= 11 is 1.65. The van der Waals surface area contributed by atoms with Gasteiger partial charge < -0.3 is 0 Å². The summed E-state index contributed by atoms with van der Waals surface area (Å²) < 4.78 is 24.3.